The highest BCUT2D eigenvalue weighted by atomic mass is 16.6. The van der Waals surface area contributed by atoms with Crippen molar-refractivity contribution in [2.24, 2.45) is 0 Å². The number of hydrogen-bond donors (Lipinski definition) is 0. The first kappa shape index (κ1) is 73.6. The van der Waals surface area contributed by atoms with Gasteiger partial charge >= 0.3 is 17.9 Å². The van der Waals surface area contributed by atoms with E-state index in [1.54, 1.807) is 0 Å². The number of esters is 3. The van der Waals surface area contributed by atoms with Crippen molar-refractivity contribution in [1.29, 1.82) is 0 Å². The largest absolute Gasteiger partial charge is 0.462 e. The molecular weight excluding hydrogens is 949 g/mol. The van der Waals surface area contributed by atoms with Gasteiger partial charge in [-0.2, -0.15) is 0 Å². The Kier molecular flexibility index (Phi) is 62.2. The third-order valence-electron chi connectivity index (χ3n) is 14.4. The van der Waals surface area contributed by atoms with Crippen LogP contribution in [0.4, 0.5) is 0 Å². The summed E-state index contributed by atoms with van der Waals surface area (Å²) in [6, 6.07) is 0. The van der Waals surface area contributed by atoms with Crippen molar-refractivity contribution in [1.82, 2.24) is 0 Å². The lowest BCUT2D eigenvalue weighted by molar-refractivity contribution is -0.166. The zero-order chi connectivity index (χ0) is 55.7. The van der Waals surface area contributed by atoms with Crippen LogP contribution in [0.25, 0.3) is 0 Å². The van der Waals surface area contributed by atoms with Gasteiger partial charge in [0.1, 0.15) is 13.2 Å². The maximum atomic E-state index is 12.9. The van der Waals surface area contributed by atoms with E-state index in [1.165, 1.54) is 212 Å². The van der Waals surface area contributed by atoms with Gasteiger partial charge in [0.15, 0.2) is 6.10 Å². The molecule has 0 aromatic rings. The van der Waals surface area contributed by atoms with Crippen LogP contribution in [0.2, 0.25) is 0 Å². The first-order chi connectivity index (χ1) is 38.0. The molecule has 0 rings (SSSR count). The molecule has 0 aliphatic heterocycles. The second-order valence-electron chi connectivity index (χ2n) is 22.0. The Morgan fingerprint density at radius 1 is 0.273 bits per heavy atom. The fraction of sp³-hybridized carbons (Fsp3) is 0.761. The van der Waals surface area contributed by atoms with E-state index < -0.39 is 6.10 Å². The van der Waals surface area contributed by atoms with Gasteiger partial charge in [-0.1, -0.05) is 292 Å². The highest BCUT2D eigenvalue weighted by Crippen LogP contribution is 2.17. The van der Waals surface area contributed by atoms with Gasteiger partial charge in [-0.3, -0.25) is 14.4 Å². The first-order valence-corrected chi connectivity index (χ1v) is 33.1. The van der Waals surface area contributed by atoms with Crippen LogP contribution in [0, 0.1) is 0 Å². The Morgan fingerprint density at radius 2 is 0.532 bits per heavy atom. The van der Waals surface area contributed by atoms with Crippen LogP contribution in [0.3, 0.4) is 0 Å². The highest BCUT2D eigenvalue weighted by Gasteiger charge is 2.19. The third kappa shape index (κ3) is 63.3. The van der Waals surface area contributed by atoms with E-state index in [-0.39, 0.29) is 37.5 Å². The zero-order valence-corrected chi connectivity index (χ0v) is 51.0. The zero-order valence-electron chi connectivity index (χ0n) is 51.0. The molecule has 0 saturated heterocycles. The average Bonchev–Trinajstić information content (AvgIpc) is 3.43. The van der Waals surface area contributed by atoms with Gasteiger partial charge in [-0.05, 0) is 103 Å². The van der Waals surface area contributed by atoms with Crippen LogP contribution in [0.5, 0.6) is 0 Å². The number of ether oxygens (including phenoxy) is 3. The first-order valence-electron chi connectivity index (χ1n) is 33.1. The lowest BCUT2D eigenvalue weighted by Gasteiger charge is -2.18. The summed E-state index contributed by atoms with van der Waals surface area (Å²) in [5.74, 6) is -0.973. The van der Waals surface area contributed by atoms with Gasteiger partial charge in [0.2, 0.25) is 0 Å². The van der Waals surface area contributed by atoms with Crippen LogP contribution in [-0.2, 0) is 28.6 Å². The van der Waals surface area contributed by atoms with Crippen molar-refractivity contribution in [3.05, 3.63) is 85.1 Å². The summed E-state index contributed by atoms with van der Waals surface area (Å²) in [7, 11) is 0. The van der Waals surface area contributed by atoms with Crippen LogP contribution in [0.15, 0.2) is 85.1 Å². The predicted molar refractivity (Wildman–Crippen MR) is 334 cm³/mol. The Labute approximate surface area is 477 Å². The van der Waals surface area contributed by atoms with E-state index in [0.29, 0.717) is 19.3 Å². The van der Waals surface area contributed by atoms with Crippen molar-refractivity contribution >= 4 is 17.9 Å². The van der Waals surface area contributed by atoms with Crippen molar-refractivity contribution in [3.63, 3.8) is 0 Å². The molecule has 0 radical (unpaired) electrons. The minimum atomic E-state index is -0.808. The second-order valence-corrected chi connectivity index (χ2v) is 22.0. The van der Waals surface area contributed by atoms with Crippen LogP contribution >= 0.6 is 0 Å². The van der Waals surface area contributed by atoms with Crippen LogP contribution in [-0.4, -0.2) is 37.2 Å². The summed E-state index contributed by atoms with van der Waals surface area (Å²) in [4.78, 5) is 38.3. The van der Waals surface area contributed by atoms with Gasteiger partial charge in [-0.25, -0.2) is 0 Å². The molecule has 444 valence electrons. The highest BCUT2D eigenvalue weighted by molar-refractivity contribution is 5.71. The van der Waals surface area contributed by atoms with E-state index >= 15 is 0 Å². The van der Waals surface area contributed by atoms with E-state index in [0.717, 1.165) is 70.6 Å². The fourth-order valence-electron chi connectivity index (χ4n) is 9.43. The molecule has 0 heterocycles. The topological polar surface area (TPSA) is 78.9 Å². The number of allylic oxidation sites excluding steroid dienone is 14. The second kappa shape index (κ2) is 65.1. The van der Waals surface area contributed by atoms with Gasteiger partial charge in [0.05, 0.1) is 0 Å². The molecule has 0 aromatic heterocycles. The van der Waals surface area contributed by atoms with Gasteiger partial charge in [0, 0.05) is 19.3 Å². The summed E-state index contributed by atoms with van der Waals surface area (Å²) < 4.78 is 16.9. The standard InChI is InChI=1S/C71H124O6/c1-4-7-10-13-16-19-22-25-27-29-31-33-34-35-36-38-39-41-43-46-49-52-55-58-61-64-70(73)76-67-68(66-75-69(72)63-60-57-54-51-48-45-24-21-18-15-12-9-6-3)77-71(74)65-62-59-56-53-50-47-44-42-40-37-32-30-28-26-23-20-17-14-11-8-5-2/h9,12,18,21-22,25,29-32,45,48,54,57,68H,4-8,10-11,13-17,19-20,23-24,26-28,33-44,46-47,49-53,55-56,58-67H2,1-3H3/b12-9-,21-18-,25-22-,31-29-,32-30-,48-45-,57-54-. The van der Waals surface area contributed by atoms with E-state index in [1.807, 2.05) is 6.08 Å². The Balaban J connectivity index is 4.32. The fourth-order valence-corrected chi connectivity index (χ4v) is 9.43. The lowest BCUT2D eigenvalue weighted by Crippen LogP contribution is -2.30. The maximum Gasteiger partial charge on any atom is 0.306 e. The molecular formula is C71H124O6. The Bertz CT molecular complexity index is 1470. The monoisotopic (exact) mass is 1070 g/mol. The molecule has 0 spiro atoms. The van der Waals surface area contributed by atoms with Crippen molar-refractivity contribution in [2.45, 2.75) is 335 Å². The summed E-state index contributed by atoms with van der Waals surface area (Å²) in [5.41, 5.74) is 0. The SMILES string of the molecule is CC/C=C\C/C=C\C/C=C\C/C=C\CCC(=O)OCC(COC(=O)CCCCCCCCCCCCCCC/C=C\C/C=C\CCCCCCC)OC(=O)CCCCCCCCCCC/C=C\CCCCCCCCCC. The summed E-state index contributed by atoms with van der Waals surface area (Å²) in [5, 5.41) is 0. The van der Waals surface area contributed by atoms with E-state index in [9.17, 15) is 14.4 Å². The Hall–Kier alpha value is -3.41. The molecule has 0 bridgehead atoms. The molecule has 0 saturated carbocycles. The van der Waals surface area contributed by atoms with E-state index in [4.69, 9.17) is 14.2 Å². The average molecular weight is 1070 g/mol. The summed E-state index contributed by atoms with van der Waals surface area (Å²) in [6.07, 6.45) is 86.2. The molecule has 0 fully saturated rings. The van der Waals surface area contributed by atoms with Crippen LogP contribution in [0.1, 0.15) is 329 Å². The molecule has 0 aliphatic carbocycles. The lowest BCUT2D eigenvalue weighted by atomic mass is 10.0. The molecule has 0 aliphatic rings. The Morgan fingerprint density at radius 3 is 0.883 bits per heavy atom. The molecule has 0 aromatic carbocycles. The third-order valence-corrected chi connectivity index (χ3v) is 14.4. The normalized spacial score (nSPS) is 12.6. The summed E-state index contributed by atoms with van der Waals surface area (Å²) >= 11 is 0. The number of unbranched alkanes of at least 4 members (excludes halogenated alkanes) is 35. The van der Waals surface area contributed by atoms with Gasteiger partial charge in [0.25, 0.3) is 0 Å². The smallest absolute Gasteiger partial charge is 0.306 e. The van der Waals surface area contributed by atoms with E-state index in [2.05, 4.69) is 99.8 Å². The molecule has 77 heavy (non-hydrogen) atoms. The number of rotatable bonds is 60. The maximum absolute atomic E-state index is 12.9. The number of hydrogen-bond acceptors (Lipinski definition) is 6. The molecule has 1 atom stereocenters. The quantitative estimate of drug-likeness (QED) is 0.0261. The molecule has 0 amide bonds. The minimum absolute atomic E-state index is 0.0981. The minimum Gasteiger partial charge on any atom is -0.462 e. The molecule has 0 N–H and O–H groups in total. The molecule has 1 unspecified atom stereocenters. The predicted octanol–water partition coefficient (Wildman–Crippen LogP) is 22.7. The molecule has 6 heteroatoms. The number of carbonyl (C=O) groups excluding carboxylic acids is 3. The molecule has 6 nitrogen and oxygen atoms in total. The van der Waals surface area contributed by atoms with Crippen molar-refractivity contribution < 1.29 is 28.6 Å². The van der Waals surface area contributed by atoms with Gasteiger partial charge < -0.3 is 14.2 Å². The van der Waals surface area contributed by atoms with Crippen LogP contribution < -0.4 is 0 Å². The number of carbonyl (C=O) groups is 3. The van der Waals surface area contributed by atoms with Crippen molar-refractivity contribution in [2.75, 3.05) is 13.2 Å². The van der Waals surface area contributed by atoms with Crippen molar-refractivity contribution in [3.8, 4) is 0 Å². The van der Waals surface area contributed by atoms with Gasteiger partial charge in [-0.15, -0.1) is 0 Å². The summed E-state index contributed by atoms with van der Waals surface area (Å²) in [6.45, 7) is 6.48.